The van der Waals surface area contributed by atoms with Crippen LogP contribution in [0, 0.1) is 28.1 Å². The fourth-order valence-corrected chi connectivity index (χ4v) is 1.96. The minimum Gasteiger partial charge on any atom is -0.311 e. The number of nitrogens with zero attached hydrogens (tertiary/aromatic N) is 3. The molecule has 1 aliphatic heterocycles. The zero-order valence-electron chi connectivity index (χ0n) is 10.0. The van der Waals surface area contributed by atoms with Crippen LogP contribution in [0.5, 0.6) is 0 Å². The number of rotatable bonds is 1. The monoisotopic (exact) mass is 219 g/mol. The summed E-state index contributed by atoms with van der Waals surface area (Å²) >= 11 is 0. The van der Waals surface area contributed by atoms with Gasteiger partial charge in [-0.05, 0) is 18.3 Å². The molecule has 1 saturated heterocycles. The minimum absolute atomic E-state index is 0.0805. The van der Waals surface area contributed by atoms with Crippen LogP contribution in [0.25, 0.3) is 0 Å². The van der Waals surface area contributed by atoms with Crippen molar-refractivity contribution < 1.29 is 4.79 Å². The molecule has 1 heterocycles. The second-order valence-corrected chi connectivity index (χ2v) is 5.41. The number of hydrogen-bond acceptors (Lipinski definition) is 3. The first-order chi connectivity index (χ1) is 7.39. The van der Waals surface area contributed by atoms with Gasteiger partial charge in [0.15, 0.2) is 0 Å². The highest BCUT2D eigenvalue weighted by molar-refractivity contribution is 5.78. The molecule has 4 heteroatoms. The van der Waals surface area contributed by atoms with E-state index in [0.717, 1.165) is 0 Å². The van der Waals surface area contributed by atoms with Crippen molar-refractivity contribution in [3.05, 3.63) is 0 Å². The molecule has 0 spiro atoms. The second kappa shape index (κ2) is 4.53. The summed E-state index contributed by atoms with van der Waals surface area (Å²) in [6.45, 7) is 5.93. The summed E-state index contributed by atoms with van der Waals surface area (Å²) in [4.78, 5) is 13.5. The molecule has 0 aromatic rings. The maximum Gasteiger partial charge on any atom is 0.225 e. The summed E-state index contributed by atoms with van der Waals surface area (Å²) in [7, 11) is 0. The van der Waals surface area contributed by atoms with Crippen molar-refractivity contribution in [3.8, 4) is 12.1 Å². The van der Waals surface area contributed by atoms with Crippen LogP contribution in [0.3, 0.4) is 0 Å². The fourth-order valence-electron chi connectivity index (χ4n) is 1.96. The topological polar surface area (TPSA) is 67.9 Å². The molecule has 2 unspecified atom stereocenters. The van der Waals surface area contributed by atoms with E-state index in [9.17, 15) is 4.79 Å². The lowest BCUT2D eigenvalue weighted by molar-refractivity contribution is -0.134. The SMILES string of the molecule is CC(C)(C)CC(=O)N1C(C#N)CCC1C#N. The van der Waals surface area contributed by atoms with Gasteiger partial charge in [-0.3, -0.25) is 4.79 Å². The van der Waals surface area contributed by atoms with Crippen LogP contribution in [0.1, 0.15) is 40.0 Å². The molecular weight excluding hydrogens is 202 g/mol. The highest BCUT2D eigenvalue weighted by Gasteiger charge is 2.37. The van der Waals surface area contributed by atoms with Gasteiger partial charge in [0.05, 0.1) is 12.1 Å². The van der Waals surface area contributed by atoms with Gasteiger partial charge in [-0.15, -0.1) is 0 Å². The van der Waals surface area contributed by atoms with Crippen LogP contribution in [0.2, 0.25) is 0 Å². The van der Waals surface area contributed by atoms with Crippen molar-refractivity contribution in [2.24, 2.45) is 5.41 Å². The molecule has 4 nitrogen and oxygen atoms in total. The highest BCUT2D eigenvalue weighted by atomic mass is 16.2. The van der Waals surface area contributed by atoms with Crippen LogP contribution in [-0.4, -0.2) is 22.9 Å². The van der Waals surface area contributed by atoms with Crippen molar-refractivity contribution in [2.75, 3.05) is 0 Å². The molecule has 1 amide bonds. The van der Waals surface area contributed by atoms with E-state index >= 15 is 0 Å². The van der Waals surface area contributed by atoms with E-state index in [1.165, 1.54) is 4.90 Å². The molecule has 1 fully saturated rings. The molecular formula is C12H17N3O. The van der Waals surface area contributed by atoms with Crippen molar-refractivity contribution in [1.82, 2.24) is 4.90 Å². The first-order valence-electron chi connectivity index (χ1n) is 5.49. The standard InChI is InChI=1S/C12H17N3O/c1-12(2,3)6-11(16)15-9(7-13)4-5-10(15)8-14/h9-10H,4-6H2,1-3H3. The Morgan fingerprint density at radius 2 is 1.69 bits per heavy atom. The summed E-state index contributed by atoms with van der Waals surface area (Å²) in [5.74, 6) is -0.0805. The van der Waals surface area contributed by atoms with Gasteiger partial charge in [0.1, 0.15) is 12.1 Å². The third kappa shape index (κ3) is 2.73. The van der Waals surface area contributed by atoms with Gasteiger partial charge < -0.3 is 4.90 Å². The van der Waals surface area contributed by atoms with E-state index in [1.54, 1.807) is 0 Å². The Labute approximate surface area is 96.5 Å². The Hall–Kier alpha value is -1.55. The lowest BCUT2D eigenvalue weighted by Crippen LogP contribution is -2.41. The largest absolute Gasteiger partial charge is 0.311 e. The molecule has 16 heavy (non-hydrogen) atoms. The van der Waals surface area contributed by atoms with E-state index < -0.39 is 12.1 Å². The van der Waals surface area contributed by atoms with Crippen LogP contribution >= 0.6 is 0 Å². The quantitative estimate of drug-likeness (QED) is 0.675. The molecule has 1 aliphatic rings. The Morgan fingerprint density at radius 3 is 2.00 bits per heavy atom. The maximum atomic E-state index is 12.0. The zero-order chi connectivity index (χ0) is 12.3. The van der Waals surface area contributed by atoms with Crippen molar-refractivity contribution in [1.29, 1.82) is 10.5 Å². The molecule has 0 aromatic carbocycles. The summed E-state index contributed by atoms with van der Waals surface area (Å²) in [6.07, 6.45) is 1.61. The van der Waals surface area contributed by atoms with Gasteiger partial charge in [0.2, 0.25) is 5.91 Å². The highest BCUT2D eigenvalue weighted by Crippen LogP contribution is 2.28. The molecule has 1 rings (SSSR count). The van der Waals surface area contributed by atoms with Gasteiger partial charge in [0, 0.05) is 6.42 Å². The average Bonchev–Trinajstić information content (AvgIpc) is 2.57. The van der Waals surface area contributed by atoms with Gasteiger partial charge >= 0.3 is 0 Å². The minimum atomic E-state index is -0.417. The number of carbonyl (C=O) groups excluding carboxylic acids is 1. The Morgan fingerprint density at radius 1 is 1.25 bits per heavy atom. The lowest BCUT2D eigenvalue weighted by Gasteiger charge is -2.27. The Bertz CT molecular complexity index is 334. The first kappa shape index (κ1) is 12.5. The Kier molecular flexibility index (Phi) is 3.55. The van der Waals surface area contributed by atoms with Gasteiger partial charge in [-0.2, -0.15) is 10.5 Å². The molecule has 0 N–H and O–H groups in total. The molecule has 2 atom stereocenters. The number of amides is 1. The number of likely N-dealkylation sites (tertiary alicyclic amines) is 1. The molecule has 0 bridgehead atoms. The van der Waals surface area contributed by atoms with Crippen LogP contribution in [-0.2, 0) is 4.79 Å². The molecule has 86 valence electrons. The molecule has 0 aromatic heterocycles. The van der Waals surface area contributed by atoms with Gasteiger partial charge in [-0.1, -0.05) is 20.8 Å². The number of nitriles is 2. The number of hydrogen-bond donors (Lipinski definition) is 0. The summed E-state index contributed by atoms with van der Waals surface area (Å²) in [5.41, 5.74) is -0.111. The lowest BCUT2D eigenvalue weighted by atomic mass is 9.91. The maximum absolute atomic E-state index is 12.0. The zero-order valence-corrected chi connectivity index (χ0v) is 10.0. The molecule has 0 saturated carbocycles. The summed E-state index contributed by atoms with van der Waals surface area (Å²) in [5, 5.41) is 17.9. The van der Waals surface area contributed by atoms with Crippen molar-refractivity contribution in [2.45, 2.75) is 52.1 Å². The second-order valence-electron chi connectivity index (χ2n) is 5.41. The fraction of sp³-hybridized carbons (Fsp3) is 0.750. The third-order valence-corrected chi connectivity index (χ3v) is 2.65. The van der Waals surface area contributed by atoms with Crippen LogP contribution < -0.4 is 0 Å². The van der Waals surface area contributed by atoms with E-state index in [-0.39, 0.29) is 11.3 Å². The van der Waals surface area contributed by atoms with Gasteiger partial charge in [-0.25, -0.2) is 0 Å². The van der Waals surface area contributed by atoms with E-state index in [0.29, 0.717) is 19.3 Å². The van der Waals surface area contributed by atoms with E-state index in [1.807, 2.05) is 20.8 Å². The molecule has 0 radical (unpaired) electrons. The van der Waals surface area contributed by atoms with Crippen LogP contribution in [0.4, 0.5) is 0 Å². The predicted molar refractivity (Wildman–Crippen MR) is 59.0 cm³/mol. The number of carbonyl (C=O) groups is 1. The summed E-state index contributed by atoms with van der Waals surface area (Å²) < 4.78 is 0. The van der Waals surface area contributed by atoms with Crippen molar-refractivity contribution >= 4 is 5.91 Å². The predicted octanol–water partition coefficient (Wildman–Crippen LogP) is 1.83. The normalized spacial score (nSPS) is 24.9. The first-order valence-corrected chi connectivity index (χ1v) is 5.49. The molecule has 0 aliphatic carbocycles. The third-order valence-electron chi connectivity index (χ3n) is 2.65. The smallest absolute Gasteiger partial charge is 0.225 e. The van der Waals surface area contributed by atoms with E-state index in [4.69, 9.17) is 10.5 Å². The summed E-state index contributed by atoms with van der Waals surface area (Å²) in [6, 6.07) is 3.36. The van der Waals surface area contributed by atoms with Crippen LogP contribution in [0.15, 0.2) is 0 Å². The Balaban J connectivity index is 2.80. The average molecular weight is 219 g/mol. The van der Waals surface area contributed by atoms with Crippen molar-refractivity contribution in [3.63, 3.8) is 0 Å². The van der Waals surface area contributed by atoms with Gasteiger partial charge in [0.25, 0.3) is 0 Å². The van der Waals surface area contributed by atoms with E-state index in [2.05, 4.69) is 12.1 Å².